The third-order valence-corrected chi connectivity index (χ3v) is 2.81. The first-order chi connectivity index (χ1) is 8.11. The Hall–Kier alpha value is -2.16. The van der Waals surface area contributed by atoms with Gasteiger partial charge in [0.1, 0.15) is 5.76 Å². The molecule has 0 unspecified atom stereocenters. The standard InChI is InChI=1S/C14H16N2O/c1-10(17)14-8-12(9-16(14)3)11-4-6-13(15-2)7-5-11/h4-9,15,17H,1H2,2-3H3. The second kappa shape index (κ2) is 4.37. The van der Waals surface area contributed by atoms with Crippen LogP contribution in [0.5, 0.6) is 0 Å². The van der Waals surface area contributed by atoms with Crippen molar-refractivity contribution in [2.75, 3.05) is 12.4 Å². The Balaban J connectivity index is 2.39. The van der Waals surface area contributed by atoms with Gasteiger partial charge in [-0.25, -0.2) is 0 Å². The van der Waals surface area contributed by atoms with E-state index in [9.17, 15) is 5.11 Å². The normalized spacial score (nSPS) is 10.2. The molecule has 17 heavy (non-hydrogen) atoms. The first kappa shape index (κ1) is 11.3. The number of nitrogens with zero attached hydrogens (tertiary/aromatic N) is 1. The molecule has 3 heteroatoms. The number of anilines is 1. The van der Waals surface area contributed by atoms with Gasteiger partial charge < -0.3 is 15.0 Å². The highest BCUT2D eigenvalue weighted by Gasteiger charge is 2.06. The van der Waals surface area contributed by atoms with Gasteiger partial charge in [0.25, 0.3) is 0 Å². The molecule has 3 nitrogen and oxygen atoms in total. The summed E-state index contributed by atoms with van der Waals surface area (Å²) in [5.41, 5.74) is 4.00. The number of hydrogen-bond acceptors (Lipinski definition) is 2. The van der Waals surface area contributed by atoms with E-state index in [2.05, 4.69) is 11.9 Å². The number of rotatable bonds is 3. The van der Waals surface area contributed by atoms with Crippen LogP contribution in [0.2, 0.25) is 0 Å². The molecular formula is C14H16N2O. The number of benzene rings is 1. The van der Waals surface area contributed by atoms with Crippen LogP contribution in [0.15, 0.2) is 43.1 Å². The lowest BCUT2D eigenvalue weighted by Crippen LogP contribution is -1.91. The molecule has 2 rings (SSSR count). The minimum absolute atomic E-state index is 0.0885. The lowest BCUT2D eigenvalue weighted by Gasteiger charge is -2.01. The molecule has 1 aromatic carbocycles. The van der Waals surface area contributed by atoms with Gasteiger partial charge in [-0.05, 0) is 23.8 Å². The van der Waals surface area contributed by atoms with E-state index in [4.69, 9.17) is 0 Å². The zero-order chi connectivity index (χ0) is 12.4. The molecule has 1 heterocycles. The highest BCUT2D eigenvalue weighted by Crippen LogP contribution is 2.25. The SMILES string of the molecule is C=C(O)c1cc(-c2ccc(NC)cc2)cn1C. The minimum Gasteiger partial charge on any atom is -0.506 e. The number of hydrogen-bond donors (Lipinski definition) is 2. The number of aryl methyl sites for hydroxylation is 1. The molecule has 0 aliphatic carbocycles. The molecule has 1 aromatic heterocycles. The predicted molar refractivity (Wildman–Crippen MR) is 72.1 cm³/mol. The third-order valence-electron chi connectivity index (χ3n) is 2.81. The van der Waals surface area contributed by atoms with Gasteiger partial charge >= 0.3 is 0 Å². The minimum atomic E-state index is 0.0885. The topological polar surface area (TPSA) is 37.2 Å². The number of aromatic nitrogens is 1. The maximum absolute atomic E-state index is 9.42. The Bertz CT molecular complexity index is 538. The molecule has 0 bridgehead atoms. The van der Waals surface area contributed by atoms with Gasteiger partial charge in [0, 0.05) is 31.5 Å². The number of aliphatic hydroxyl groups excluding tert-OH is 1. The van der Waals surface area contributed by atoms with Crippen LogP contribution in [0.3, 0.4) is 0 Å². The summed E-state index contributed by atoms with van der Waals surface area (Å²) in [7, 11) is 3.79. The van der Waals surface area contributed by atoms with Crippen LogP contribution in [0, 0.1) is 0 Å². The molecule has 0 radical (unpaired) electrons. The third kappa shape index (κ3) is 2.18. The molecule has 2 aromatic rings. The van der Waals surface area contributed by atoms with Crippen LogP contribution in [0.4, 0.5) is 5.69 Å². The largest absolute Gasteiger partial charge is 0.506 e. The smallest absolute Gasteiger partial charge is 0.132 e. The summed E-state index contributed by atoms with van der Waals surface area (Å²) in [5, 5.41) is 12.5. The summed E-state index contributed by atoms with van der Waals surface area (Å²) in [6, 6.07) is 10.1. The summed E-state index contributed by atoms with van der Waals surface area (Å²) in [5.74, 6) is 0.0885. The summed E-state index contributed by atoms with van der Waals surface area (Å²) >= 11 is 0. The molecule has 0 saturated heterocycles. The van der Waals surface area contributed by atoms with Gasteiger partial charge in [0.2, 0.25) is 0 Å². The van der Waals surface area contributed by atoms with E-state index in [1.54, 1.807) is 0 Å². The summed E-state index contributed by atoms with van der Waals surface area (Å²) in [6.07, 6.45) is 1.98. The zero-order valence-electron chi connectivity index (χ0n) is 10.1. The average Bonchev–Trinajstić information content (AvgIpc) is 2.71. The van der Waals surface area contributed by atoms with Crippen molar-refractivity contribution in [3.05, 3.63) is 48.8 Å². The van der Waals surface area contributed by atoms with Crippen LogP contribution in [-0.2, 0) is 7.05 Å². The van der Waals surface area contributed by atoms with Crippen LogP contribution in [0.1, 0.15) is 5.69 Å². The number of aliphatic hydroxyl groups is 1. The maximum Gasteiger partial charge on any atom is 0.132 e. The second-order valence-electron chi connectivity index (χ2n) is 4.00. The zero-order valence-corrected chi connectivity index (χ0v) is 10.1. The van der Waals surface area contributed by atoms with Gasteiger partial charge in [0.15, 0.2) is 0 Å². The van der Waals surface area contributed by atoms with Crippen molar-refractivity contribution in [2.45, 2.75) is 0 Å². The maximum atomic E-state index is 9.42. The highest BCUT2D eigenvalue weighted by atomic mass is 16.3. The summed E-state index contributed by atoms with van der Waals surface area (Å²) in [4.78, 5) is 0. The van der Waals surface area contributed by atoms with E-state index in [-0.39, 0.29) is 5.76 Å². The lowest BCUT2D eigenvalue weighted by molar-refractivity contribution is 0.506. The fourth-order valence-electron chi connectivity index (χ4n) is 1.84. The lowest BCUT2D eigenvalue weighted by atomic mass is 10.1. The van der Waals surface area contributed by atoms with Crippen LogP contribution in [-0.4, -0.2) is 16.7 Å². The molecule has 2 N–H and O–H groups in total. The molecular weight excluding hydrogens is 212 g/mol. The molecule has 0 atom stereocenters. The van der Waals surface area contributed by atoms with Gasteiger partial charge in [-0.15, -0.1) is 0 Å². The van der Waals surface area contributed by atoms with E-state index in [0.717, 1.165) is 22.5 Å². The van der Waals surface area contributed by atoms with E-state index < -0.39 is 0 Å². The molecule has 0 spiro atoms. The van der Waals surface area contributed by atoms with Crippen LogP contribution >= 0.6 is 0 Å². The first-order valence-electron chi connectivity index (χ1n) is 5.44. The van der Waals surface area contributed by atoms with Crippen molar-refractivity contribution in [3.8, 4) is 11.1 Å². The number of nitrogens with one attached hydrogen (secondary N) is 1. The Morgan fingerprint density at radius 2 is 1.88 bits per heavy atom. The molecule has 88 valence electrons. The van der Waals surface area contributed by atoms with Gasteiger partial charge in [0.05, 0.1) is 5.69 Å². The molecule has 0 fully saturated rings. The van der Waals surface area contributed by atoms with E-state index >= 15 is 0 Å². The quantitative estimate of drug-likeness (QED) is 0.791. The van der Waals surface area contributed by atoms with E-state index in [1.165, 1.54) is 0 Å². The highest BCUT2D eigenvalue weighted by molar-refractivity contribution is 5.70. The van der Waals surface area contributed by atoms with Crippen molar-refractivity contribution < 1.29 is 5.11 Å². The Morgan fingerprint density at radius 1 is 1.24 bits per heavy atom. The predicted octanol–water partition coefficient (Wildman–Crippen LogP) is 3.26. The van der Waals surface area contributed by atoms with Crippen molar-refractivity contribution >= 4 is 11.4 Å². The van der Waals surface area contributed by atoms with Crippen LogP contribution in [0.25, 0.3) is 16.9 Å². The van der Waals surface area contributed by atoms with Gasteiger partial charge in [-0.2, -0.15) is 0 Å². The summed E-state index contributed by atoms with van der Waals surface area (Å²) in [6.45, 7) is 3.55. The average molecular weight is 228 g/mol. The Kier molecular flexibility index (Phi) is 2.91. The van der Waals surface area contributed by atoms with Crippen molar-refractivity contribution in [3.63, 3.8) is 0 Å². The van der Waals surface area contributed by atoms with Gasteiger partial charge in [-0.3, -0.25) is 0 Å². The van der Waals surface area contributed by atoms with Crippen molar-refractivity contribution in [1.29, 1.82) is 0 Å². The summed E-state index contributed by atoms with van der Waals surface area (Å²) < 4.78 is 1.86. The fraction of sp³-hybridized carbons (Fsp3) is 0.143. The van der Waals surface area contributed by atoms with Crippen LogP contribution < -0.4 is 5.32 Å². The second-order valence-corrected chi connectivity index (χ2v) is 4.00. The Morgan fingerprint density at radius 3 is 2.35 bits per heavy atom. The van der Waals surface area contributed by atoms with Gasteiger partial charge in [-0.1, -0.05) is 18.7 Å². The van der Waals surface area contributed by atoms with E-state index in [0.29, 0.717) is 0 Å². The molecule has 0 aliphatic rings. The fourth-order valence-corrected chi connectivity index (χ4v) is 1.84. The van der Waals surface area contributed by atoms with Crippen molar-refractivity contribution in [1.82, 2.24) is 4.57 Å². The first-order valence-corrected chi connectivity index (χ1v) is 5.44. The molecule has 0 amide bonds. The molecule has 0 aliphatic heterocycles. The Labute approximate surface area is 101 Å². The molecule has 0 saturated carbocycles. The van der Waals surface area contributed by atoms with E-state index in [1.807, 2.05) is 55.2 Å². The monoisotopic (exact) mass is 228 g/mol. The van der Waals surface area contributed by atoms with Crippen molar-refractivity contribution in [2.24, 2.45) is 7.05 Å².